The molecule has 3 aromatic rings. The Morgan fingerprint density at radius 2 is 2.03 bits per heavy atom. The molecule has 5 heterocycles. The largest absolute Gasteiger partial charge is 0.486 e. The summed E-state index contributed by atoms with van der Waals surface area (Å²) in [6.45, 7) is 4.45. The zero-order valence-corrected chi connectivity index (χ0v) is 20.5. The van der Waals surface area contributed by atoms with Gasteiger partial charge in [0.1, 0.15) is 19.0 Å². The van der Waals surface area contributed by atoms with Crippen molar-refractivity contribution >= 4 is 11.0 Å². The van der Waals surface area contributed by atoms with Crippen molar-refractivity contribution in [3.8, 4) is 17.4 Å². The van der Waals surface area contributed by atoms with Gasteiger partial charge in [0.15, 0.2) is 11.5 Å². The monoisotopic (exact) mass is 498 g/mol. The molecule has 0 spiro atoms. The molecule has 11 heteroatoms. The van der Waals surface area contributed by atoms with Crippen molar-refractivity contribution in [2.24, 2.45) is 5.92 Å². The van der Waals surface area contributed by atoms with Crippen LogP contribution >= 0.6 is 0 Å². The highest BCUT2D eigenvalue weighted by Gasteiger charge is 2.34. The molecule has 1 fully saturated rings. The van der Waals surface area contributed by atoms with Crippen molar-refractivity contribution < 1.29 is 23.8 Å². The minimum Gasteiger partial charge on any atom is -0.486 e. The summed E-state index contributed by atoms with van der Waals surface area (Å²) in [5.74, 6) is 1.64. The normalized spacial score (nSPS) is 19.8. The fourth-order valence-electron chi connectivity index (χ4n) is 4.92. The minimum atomic E-state index is -0.372. The van der Waals surface area contributed by atoms with E-state index in [0.29, 0.717) is 74.0 Å². The van der Waals surface area contributed by atoms with E-state index in [2.05, 4.69) is 25.2 Å². The maximum atomic E-state index is 14.7. The van der Waals surface area contributed by atoms with Crippen LogP contribution in [0.1, 0.15) is 11.3 Å². The van der Waals surface area contributed by atoms with Crippen molar-refractivity contribution in [1.82, 2.24) is 30.2 Å². The second kappa shape index (κ2) is 10.9. The number of rotatable bonds is 9. The average molecular weight is 499 g/mol. The second-order valence-electron chi connectivity index (χ2n) is 9.17. The minimum absolute atomic E-state index is 0.0389. The van der Waals surface area contributed by atoms with E-state index >= 15 is 0 Å². The van der Waals surface area contributed by atoms with Gasteiger partial charge < -0.3 is 29.6 Å². The van der Waals surface area contributed by atoms with Crippen LogP contribution < -0.4 is 19.5 Å². The van der Waals surface area contributed by atoms with E-state index in [1.807, 2.05) is 6.07 Å². The molecule has 1 saturated heterocycles. The van der Waals surface area contributed by atoms with Gasteiger partial charge in [-0.1, -0.05) is 0 Å². The van der Waals surface area contributed by atoms with Crippen LogP contribution in [-0.4, -0.2) is 89.7 Å². The summed E-state index contributed by atoms with van der Waals surface area (Å²) in [5, 5.41) is 15.0. The highest BCUT2D eigenvalue weighted by molar-refractivity contribution is 5.78. The lowest BCUT2D eigenvalue weighted by molar-refractivity contribution is -0.109. The molecule has 36 heavy (non-hydrogen) atoms. The molecule has 10 nitrogen and oxygen atoms in total. The topological polar surface area (TPSA) is 105 Å². The lowest BCUT2D eigenvalue weighted by Crippen LogP contribution is -2.39. The van der Waals surface area contributed by atoms with Crippen molar-refractivity contribution in [3.05, 3.63) is 47.7 Å². The van der Waals surface area contributed by atoms with Crippen LogP contribution in [0, 0.1) is 11.7 Å². The third-order valence-corrected chi connectivity index (χ3v) is 6.79. The van der Waals surface area contributed by atoms with Gasteiger partial charge in [0.25, 0.3) is 0 Å². The first-order chi connectivity index (χ1) is 17.5. The van der Waals surface area contributed by atoms with Crippen molar-refractivity contribution in [1.29, 1.82) is 0 Å². The maximum Gasteiger partial charge on any atom is 0.213 e. The van der Waals surface area contributed by atoms with Gasteiger partial charge in [0.05, 0.1) is 42.3 Å². The first-order valence-corrected chi connectivity index (χ1v) is 12.1. The lowest BCUT2D eigenvalue weighted by atomic mass is 10.0. The Hall–Kier alpha value is -3.12. The summed E-state index contributed by atoms with van der Waals surface area (Å²) in [7, 11) is 3.21. The molecule has 5 rings (SSSR count). The van der Waals surface area contributed by atoms with Gasteiger partial charge in [0.2, 0.25) is 5.88 Å². The van der Waals surface area contributed by atoms with E-state index in [0.717, 1.165) is 18.0 Å². The van der Waals surface area contributed by atoms with Gasteiger partial charge >= 0.3 is 0 Å². The molecular formula is C25H31FN6O4. The summed E-state index contributed by atoms with van der Waals surface area (Å²) in [4.78, 5) is 15.3. The van der Waals surface area contributed by atoms with E-state index < -0.39 is 0 Å². The Labute approximate surface area is 209 Å². The molecule has 3 aromatic heterocycles. The van der Waals surface area contributed by atoms with Crippen molar-refractivity contribution in [2.75, 3.05) is 53.6 Å². The van der Waals surface area contributed by atoms with Gasteiger partial charge in [-0.2, -0.15) is 5.06 Å². The van der Waals surface area contributed by atoms with Crippen LogP contribution in [0.5, 0.6) is 17.4 Å². The number of likely N-dealkylation sites (tertiary alicyclic amines) is 1. The summed E-state index contributed by atoms with van der Waals surface area (Å²) in [5.41, 5.74) is 2.55. The van der Waals surface area contributed by atoms with Crippen LogP contribution in [0.2, 0.25) is 0 Å². The number of pyridine rings is 3. The predicted molar refractivity (Wildman–Crippen MR) is 130 cm³/mol. The van der Waals surface area contributed by atoms with Crippen molar-refractivity contribution in [2.45, 2.75) is 19.0 Å². The molecule has 2 atom stereocenters. The number of halogens is 1. The van der Waals surface area contributed by atoms with Gasteiger partial charge in [-0.05, 0) is 12.5 Å². The number of likely N-dealkylation sites (N-methyl/N-ethyl adjacent to an activating group) is 1. The van der Waals surface area contributed by atoms with E-state index in [1.54, 1.807) is 25.4 Å². The number of fused-ring (bicyclic) bond motifs is 2. The third kappa shape index (κ3) is 5.34. The van der Waals surface area contributed by atoms with Gasteiger partial charge in [-0.25, -0.2) is 9.37 Å². The molecule has 0 amide bonds. The van der Waals surface area contributed by atoms with Crippen molar-refractivity contribution in [3.63, 3.8) is 0 Å². The van der Waals surface area contributed by atoms with Crippen LogP contribution in [0.4, 0.5) is 4.39 Å². The number of hydrogen-bond acceptors (Lipinski definition) is 10. The molecule has 0 aromatic carbocycles. The number of hydrogen-bond donors (Lipinski definition) is 2. The molecule has 1 unspecified atom stereocenters. The second-order valence-corrected chi connectivity index (χ2v) is 9.17. The quantitative estimate of drug-likeness (QED) is 0.425. The Balaban J connectivity index is 1.20. The molecule has 0 aliphatic carbocycles. The van der Waals surface area contributed by atoms with Gasteiger partial charge in [0, 0.05) is 63.4 Å². The number of ether oxygens (including phenoxy) is 3. The highest BCUT2D eigenvalue weighted by atomic mass is 19.1. The number of aromatic nitrogens is 3. The van der Waals surface area contributed by atoms with E-state index in [9.17, 15) is 9.60 Å². The number of methoxy groups -OCH3 is 1. The standard InChI is InChI=1S/C25H31FN6O4/c1-31(33)21-15-32(6-5-18-19(26)12-29-20-3-4-24(34-2)30-25(18)20)14-16(21)10-27-11-17-9-22-23(13-28-17)36-8-7-35-22/h3-4,9,12-13,16,21,27,33H,5-8,10-11,14-15H2,1-2H3/t16-,21?/m1/s1. The maximum absolute atomic E-state index is 14.7. The summed E-state index contributed by atoms with van der Waals surface area (Å²) >= 11 is 0. The smallest absolute Gasteiger partial charge is 0.213 e. The first kappa shape index (κ1) is 24.6. The molecule has 2 N–H and O–H groups in total. The fraction of sp³-hybridized carbons (Fsp3) is 0.480. The van der Waals surface area contributed by atoms with Crippen LogP contribution in [0.3, 0.4) is 0 Å². The molecule has 0 radical (unpaired) electrons. The van der Waals surface area contributed by atoms with E-state index in [1.165, 1.54) is 18.4 Å². The summed E-state index contributed by atoms with van der Waals surface area (Å²) < 4.78 is 31.1. The van der Waals surface area contributed by atoms with E-state index in [-0.39, 0.29) is 17.8 Å². The molecule has 0 bridgehead atoms. The SMILES string of the molecule is COc1ccc2ncc(F)c(CCN3CC(N(C)O)[C@H](CNCc4cc5c(cn4)OCCO5)C3)c2n1. The van der Waals surface area contributed by atoms with Gasteiger partial charge in [-0.15, -0.1) is 0 Å². The summed E-state index contributed by atoms with van der Waals surface area (Å²) in [6.07, 6.45) is 3.42. The lowest BCUT2D eigenvalue weighted by Gasteiger charge is -2.23. The van der Waals surface area contributed by atoms with Gasteiger partial charge in [-0.3, -0.25) is 9.97 Å². The molecule has 2 aliphatic rings. The third-order valence-electron chi connectivity index (χ3n) is 6.79. The Morgan fingerprint density at radius 3 is 2.83 bits per heavy atom. The Kier molecular flexibility index (Phi) is 7.42. The van der Waals surface area contributed by atoms with E-state index in [4.69, 9.17) is 14.2 Å². The molecule has 192 valence electrons. The zero-order valence-electron chi connectivity index (χ0n) is 20.5. The number of nitrogens with zero attached hydrogens (tertiary/aromatic N) is 5. The van der Waals surface area contributed by atoms with Crippen LogP contribution in [0.25, 0.3) is 11.0 Å². The summed E-state index contributed by atoms with van der Waals surface area (Å²) in [6, 6.07) is 5.36. The molecular weight excluding hydrogens is 467 g/mol. The number of hydroxylamine groups is 2. The number of nitrogens with one attached hydrogen (secondary N) is 1. The first-order valence-electron chi connectivity index (χ1n) is 12.1. The fourth-order valence-corrected chi connectivity index (χ4v) is 4.92. The predicted octanol–water partition coefficient (Wildman–Crippen LogP) is 1.90. The Bertz CT molecular complexity index is 1210. The van der Waals surface area contributed by atoms with Crippen LogP contribution in [0.15, 0.2) is 30.6 Å². The zero-order chi connectivity index (χ0) is 25.1. The van der Waals surface area contributed by atoms with Crippen LogP contribution in [-0.2, 0) is 13.0 Å². The molecule has 0 saturated carbocycles. The highest BCUT2D eigenvalue weighted by Crippen LogP contribution is 2.29. The Morgan fingerprint density at radius 1 is 1.19 bits per heavy atom. The molecule has 2 aliphatic heterocycles. The average Bonchev–Trinajstić information content (AvgIpc) is 3.31.